The molecular formula is C28H34N2O5. The lowest BCUT2D eigenvalue weighted by Gasteiger charge is -2.32. The van der Waals surface area contributed by atoms with Gasteiger partial charge < -0.3 is 20.5 Å². The zero-order chi connectivity index (χ0) is 24.9. The number of carboxylic acid groups (broad SMARTS) is 1. The second-order valence-corrected chi connectivity index (χ2v) is 9.68. The third-order valence-corrected chi connectivity index (χ3v) is 7.52. The molecule has 0 spiro atoms. The van der Waals surface area contributed by atoms with E-state index in [4.69, 9.17) is 4.74 Å². The van der Waals surface area contributed by atoms with Crippen LogP contribution in [0.2, 0.25) is 0 Å². The van der Waals surface area contributed by atoms with Gasteiger partial charge in [0.2, 0.25) is 5.91 Å². The number of carbonyl (C=O) groups excluding carboxylic acids is 2. The van der Waals surface area contributed by atoms with Gasteiger partial charge in [-0.15, -0.1) is 0 Å². The third-order valence-electron chi connectivity index (χ3n) is 7.52. The third kappa shape index (κ3) is 5.34. The van der Waals surface area contributed by atoms with Crippen LogP contribution >= 0.6 is 0 Å². The van der Waals surface area contributed by atoms with Gasteiger partial charge in [0.25, 0.3) is 0 Å². The van der Waals surface area contributed by atoms with Crippen molar-refractivity contribution in [1.82, 2.24) is 10.6 Å². The lowest BCUT2D eigenvalue weighted by atomic mass is 9.84. The van der Waals surface area contributed by atoms with Crippen LogP contribution in [0.3, 0.4) is 0 Å². The number of ether oxygens (including phenoxy) is 1. The van der Waals surface area contributed by atoms with Crippen LogP contribution in [-0.2, 0) is 14.3 Å². The molecule has 2 aromatic carbocycles. The molecule has 7 heteroatoms. The molecule has 2 aliphatic carbocycles. The average molecular weight is 479 g/mol. The lowest BCUT2D eigenvalue weighted by Crippen LogP contribution is -2.55. The van der Waals surface area contributed by atoms with Crippen molar-refractivity contribution >= 4 is 18.0 Å². The van der Waals surface area contributed by atoms with E-state index in [0.717, 1.165) is 35.1 Å². The summed E-state index contributed by atoms with van der Waals surface area (Å²) in [5.74, 6) is -2.05. The Kier molecular flexibility index (Phi) is 7.73. The fourth-order valence-electron chi connectivity index (χ4n) is 5.34. The monoisotopic (exact) mass is 478 g/mol. The topological polar surface area (TPSA) is 105 Å². The van der Waals surface area contributed by atoms with E-state index < -0.39 is 30.1 Å². The van der Waals surface area contributed by atoms with Gasteiger partial charge in [-0.05, 0) is 41.0 Å². The second-order valence-electron chi connectivity index (χ2n) is 9.68. The van der Waals surface area contributed by atoms with Crippen molar-refractivity contribution in [2.45, 2.75) is 64.0 Å². The molecule has 0 aliphatic heterocycles. The minimum Gasteiger partial charge on any atom is -0.481 e. The molecule has 0 aromatic heterocycles. The SMILES string of the molecule is CCC(C)[C@H](NC(=O)OCC1c2ccccc2-c2ccccc21)C(=O)N[C@H]1CCCC[C@H]1C(=O)O. The van der Waals surface area contributed by atoms with Crippen LogP contribution in [-0.4, -0.2) is 41.8 Å². The highest BCUT2D eigenvalue weighted by atomic mass is 16.5. The minimum absolute atomic E-state index is 0.0670. The molecule has 0 saturated heterocycles. The van der Waals surface area contributed by atoms with Gasteiger partial charge in [-0.1, -0.05) is 81.6 Å². The van der Waals surface area contributed by atoms with E-state index in [1.807, 2.05) is 38.1 Å². The smallest absolute Gasteiger partial charge is 0.407 e. The molecule has 0 heterocycles. The number of aliphatic carboxylic acids is 1. The van der Waals surface area contributed by atoms with Gasteiger partial charge in [-0.2, -0.15) is 0 Å². The van der Waals surface area contributed by atoms with E-state index >= 15 is 0 Å². The number of amides is 2. The Balaban J connectivity index is 1.41. The number of alkyl carbamates (subject to hydrolysis) is 1. The predicted octanol–water partition coefficient (Wildman–Crippen LogP) is 4.70. The summed E-state index contributed by atoms with van der Waals surface area (Å²) < 4.78 is 5.64. The summed E-state index contributed by atoms with van der Waals surface area (Å²) in [5.41, 5.74) is 4.54. The van der Waals surface area contributed by atoms with Crippen LogP contribution in [0.4, 0.5) is 4.79 Å². The van der Waals surface area contributed by atoms with Crippen molar-refractivity contribution in [1.29, 1.82) is 0 Å². The van der Waals surface area contributed by atoms with Crippen molar-refractivity contribution in [3.8, 4) is 11.1 Å². The summed E-state index contributed by atoms with van der Waals surface area (Å²) in [6.07, 6.45) is 2.92. The number of carbonyl (C=O) groups is 3. The summed E-state index contributed by atoms with van der Waals surface area (Å²) in [7, 11) is 0. The Labute approximate surface area is 206 Å². The van der Waals surface area contributed by atoms with Crippen LogP contribution in [0.5, 0.6) is 0 Å². The van der Waals surface area contributed by atoms with Crippen LogP contribution in [0.25, 0.3) is 11.1 Å². The molecule has 0 bridgehead atoms. The first-order valence-electron chi connectivity index (χ1n) is 12.5. The van der Waals surface area contributed by atoms with E-state index in [1.54, 1.807) is 0 Å². The minimum atomic E-state index is -0.889. The molecular weight excluding hydrogens is 444 g/mol. The van der Waals surface area contributed by atoms with Gasteiger partial charge in [-0.3, -0.25) is 9.59 Å². The summed E-state index contributed by atoms with van der Waals surface area (Å²) in [4.78, 5) is 37.6. The summed E-state index contributed by atoms with van der Waals surface area (Å²) in [6.45, 7) is 4.01. The molecule has 4 atom stereocenters. The number of carboxylic acids is 1. The normalized spacial score (nSPS) is 20.7. The van der Waals surface area contributed by atoms with Gasteiger partial charge >= 0.3 is 12.1 Å². The average Bonchev–Trinajstić information content (AvgIpc) is 3.19. The second kappa shape index (κ2) is 10.9. The molecule has 7 nitrogen and oxygen atoms in total. The molecule has 2 aromatic rings. The highest BCUT2D eigenvalue weighted by Gasteiger charge is 2.35. The molecule has 35 heavy (non-hydrogen) atoms. The molecule has 4 rings (SSSR count). The molecule has 1 saturated carbocycles. The first kappa shape index (κ1) is 24.8. The van der Waals surface area contributed by atoms with E-state index in [0.29, 0.717) is 19.3 Å². The first-order chi connectivity index (χ1) is 16.9. The summed E-state index contributed by atoms with van der Waals surface area (Å²) >= 11 is 0. The maximum atomic E-state index is 13.1. The number of hydrogen-bond acceptors (Lipinski definition) is 4. The maximum Gasteiger partial charge on any atom is 0.407 e. The molecule has 2 aliphatic rings. The van der Waals surface area contributed by atoms with Gasteiger partial charge in [0.05, 0.1) is 5.92 Å². The molecule has 3 N–H and O–H groups in total. The fraction of sp³-hybridized carbons (Fsp3) is 0.464. The lowest BCUT2D eigenvalue weighted by molar-refractivity contribution is -0.144. The maximum absolute atomic E-state index is 13.1. The number of fused-ring (bicyclic) bond motifs is 3. The summed E-state index contributed by atoms with van der Waals surface area (Å²) in [6, 6.07) is 15.0. The number of hydrogen-bond donors (Lipinski definition) is 3. The van der Waals surface area contributed by atoms with Crippen LogP contribution in [0, 0.1) is 11.8 Å². The Morgan fingerprint density at radius 1 is 1.00 bits per heavy atom. The van der Waals surface area contributed by atoms with Gasteiger partial charge in [0.1, 0.15) is 12.6 Å². The Hall–Kier alpha value is -3.35. The molecule has 186 valence electrons. The Morgan fingerprint density at radius 2 is 1.60 bits per heavy atom. The van der Waals surface area contributed by atoms with E-state index in [2.05, 4.69) is 34.9 Å². The van der Waals surface area contributed by atoms with Gasteiger partial charge in [0.15, 0.2) is 0 Å². The molecule has 0 radical (unpaired) electrons. The number of benzene rings is 2. The molecule has 1 unspecified atom stereocenters. The Bertz CT molecular complexity index is 1040. The highest BCUT2D eigenvalue weighted by molar-refractivity contribution is 5.87. The van der Waals surface area contributed by atoms with E-state index in [1.165, 1.54) is 0 Å². The van der Waals surface area contributed by atoms with E-state index in [-0.39, 0.29) is 24.3 Å². The standard InChI is InChI=1S/C28H34N2O5/c1-3-17(2)25(26(31)29-24-15-9-8-14-22(24)27(32)33)30-28(34)35-16-23-20-12-6-4-10-18(20)19-11-5-7-13-21(19)23/h4-7,10-13,17,22-25H,3,8-9,14-16H2,1-2H3,(H,29,31)(H,30,34)(H,32,33)/t17?,22-,24+,25+/m1/s1. The van der Waals surface area contributed by atoms with E-state index in [9.17, 15) is 19.5 Å². The van der Waals surface area contributed by atoms with Crippen molar-refractivity contribution in [3.05, 3.63) is 59.7 Å². The summed E-state index contributed by atoms with van der Waals surface area (Å²) in [5, 5.41) is 15.2. The first-order valence-corrected chi connectivity index (χ1v) is 12.5. The zero-order valence-electron chi connectivity index (χ0n) is 20.3. The predicted molar refractivity (Wildman–Crippen MR) is 133 cm³/mol. The van der Waals surface area contributed by atoms with Crippen LogP contribution in [0.15, 0.2) is 48.5 Å². The van der Waals surface area contributed by atoms with Crippen molar-refractivity contribution < 1.29 is 24.2 Å². The number of nitrogens with one attached hydrogen (secondary N) is 2. The zero-order valence-corrected chi connectivity index (χ0v) is 20.3. The quantitative estimate of drug-likeness (QED) is 0.510. The van der Waals surface area contributed by atoms with Crippen LogP contribution < -0.4 is 10.6 Å². The van der Waals surface area contributed by atoms with Crippen molar-refractivity contribution in [2.24, 2.45) is 11.8 Å². The van der Waals surface area contributed by atoms with Crippen molar-refractivity contribution in [3.63, 3.8) is 0 Å². The van der Waals surface area contributed by atoms with Crippen LogP contribution in [0.1, 0.15) is 63.0 Å². The fourth-order valence-corrected chi connectivity index (χ4v) is 5.34. The largest absolute Gasteiger partial charge is 0.481 e. The highest BCUT2D eigenvalue weighted by Crippen LogP contribution is 2.44. The molecule has 1 fully saturated rings. The number of rotatable bonds is 8. The Morgan fingerprint density at radius 3 is 2.20 bits per heavy atom. The van der Waals surface area contributed by atoms with Gasteiger partial charge in [0, 0.05) is 12.0 Å². The van der Waals surface area contributed by atoms with Crippen molar-refractivity contribution in [2.75, 3.05) is 6.61 Å². The molecule has 2 amide bonds. The van der Waals surface area contributed by atoms with Gasteiger partial charge in [-0.25, -0.2) is 4.79 Å².